The van der Waals surface area contributed by atoms with E-state index in [-0.39, 0.29) is 48.0 Å². The van der Waals surface area contributed by atoms with Crippen LogP contribution in [0.25, 0.3) is 11.6 Å². The first-order valence-corrected chi connectivity index (χ1v) is 25.0. The molecule has 390 valence electrons. The summed E-state index contributed by atoms with van der Waals surface area (Å²) in [4.78, 5) is 97.5. The Morgan fingerprint density at radius 2 is 1.40 bits per heavy atom. The van der Waals surface area contributed by atoms with Gasteiger partial charge < -0.3 is 41.5 Å². The van der Waals surface area contributed by atoms with E-state index in [2.05, 4.69) is 38.7 Å². The van der Waals surface area contributed by atoms with Crippen LogP contribution in [0.5, 0.6) is 0 Å². The number of carboxylic acids is 1. The summed E-state index contributed by atoms with van der Waals surface area (Å²) < 4.78 is 0. The van der Waals surface area contributed by atoms with E-state index < -0.39 is 64.7 Å². The number of unbranched alkanes of at least 4 members (excludes halogenated alkanes) is 1. The van der Waals surface area contributed by atoms with E-state index in [1.54, 1.807) is 59.1 Å². The molecule has 1 aliphatic rings. The van der Waals surface area contributed by atoms with Gasteiger partial charge in [0.05, 0.1) is 24.3 Å². The molecule has 15 heteroatoms. The van der Waals surface area contributed by atoms with Crippen LogP contribution in [0.1, 0.15) is 131 Å². The Morgan fingerprint density at radius 1 is 0.764 bits per heavy atom. The van der Waals surface area contributed by atoms with Gasteiger partial charge in [0.25, 0.3) is 0 Å². The number of benzene rings is 3. The van der Waals surface area contributed by atoms with Gasteiger partial charge >= 0.3 is 5.97 Å². The highest BCUT2D eigenvalue weighted by Gasteiger charge is 2.42. The van der Waals surface area contributed by atoms with E-state index >= 15 is 0 Å². The average molecular weight is 990 g/mol. The highest BCUT2D eigenvalue weighted by Crippen LogP contribution is 2.34. The highest BCUT2D eigenvalue weighted by atomic mass is 16.4. The number of carboxylic acid groups (broad SMARTS) is 1. The molecule has 0 unspecified atom stereocenters. The Labute approximate surface area is 427 Å². The molecule has 0 fully saturated rings. The largest absolute Gasteiger partial charge is 0.478 e. The molecule has 1 heterocycles. The Balaban J connectivity index is 1.35. The van der Waals surface area contributed by atoms with E-state index in [1.165, 1.54) is 11.8 Å². The second-order valence-electron chi connectivity index (χ2n) is 21.4. The minimum absolute atomic E-state index is 0.0374. The first-order valence-electron chi connectivity index (χ1n) is 25.0. The third kappa shape index (κ3) is 15.0. The summed E-state index contributed by atoms with van der Waals surface area (Å²) in [5, 5.41) is 24.1. The molecule has 0 saturated heterocycles. The summed E-state index contributed by atoms with van der Waals surface area (Å²) in [6, 6.07) is 18.7. The molecule has 72 heavy (non-hydrogen) atoms. The highest BCUT2D eigenvalue weighted by molar-refractivity contribution is 6.00. The quantitative estimate of drug-likeness (QED) is 0.0454. The van der Waals surface area contributed by atoms with Gasteiger partial charge in [0, 0.05) is 42.1 Å². The fraction of sp³-hybridized carbons (Fsp3) is 0.491. The molecule has 5 atom stereocenters. The number of allylic oxidation sites excluding steroid dienone is 1. The van der Waals surface area contributed by atoms with Crippen LogP contribution < -0.4 is 31.5 Å². The average Bonchev–Trinajstić information content (AvgIpc) is 3.31. The number of anilines is 2. The molecule has 6 N–H and O–H groups in total. The number of nitrogens with one attached hydrogen (secondary N) is 5. The summed E-state index contributed by atoms with van der Waals surface area (Å²) in [6.07, 6.45) is 4.98. The third-order valence-electron chi connectivity index (χ3n) is 13.5. The molecule has 0 aromatic heterocycles. The first-order chi connectivity index (χ1) is 33.7. The van der Waals surface area contributed by atoms with Crippen LogP contribution in [0.3, 0.4) is 0 Å². The van der Waals surface area contributed by atoms with Gasteiger partial charge in [-0.1, -0.05) is 129 Å². The molecule has 15 nitrogen and oxygen atoms in total. The van der Waals surface area contributed by atoms with Gasteiger partial charge in [-0.3, -0.25) is 28.8 Å². The number of nitrogens with zero attached hydrogens (tertiary/aromatic N) is 2. The van der Waals surface area contributed by atoms with Crippen LogP contribution in [0.4, 0.5) is 11.4 Å². The number of para-hydroxylation sites is 1. The number of carbonyl (C=O) groups excluding carboxylic acids is 6. The van der Waals surface area contributed by atoms with Gasteiger partial charge in [0.15, 0.2) is 0 Å². The van der Waals surface area contributed by atoms with Crippen molar-refractivity contribution in [3.05, 3.63) is 107 Å². The smallest absolute Gasteiger partial charge is 0.331 e. The number of carbonyl (C=O) groups is 7. The second-order valence-corrected chi connectivity index (χ2v) is 21.4. The summed E-state index contributed by atoms with van der Waals surface area (Å²) in [7, 11) is 3.27. The van der Waals surface area contributed by atoms with Crippen LogP contribution in [-0.4, -0.2) is 95.7 Å². The van der Waals surface area contributed by atoms with Crippen molar-refractivity contribution in [1.82, 2.24) is 26.2 Å². The molecule has 0 bridgehead atoms. The normalized spacial score (nSPS) is 15.8. The van der Waals surface area contributed by atoms with E-state index in [4.69, 9.17) is 0 Å². The Bertz CT molecular complexity index is 2520. The Morgan fingerprint density at radius 3 is 2.03 bits per heavy atom. The van der Waals surface area contributed by atoms with E-state index in [1.807, 2.05) is 109 Å². The third-order valence-corrected chi connectivity index (χ3v) is 13.5. The summed E-state index contributed by atoms with van der Waals surface area (Å²) in [5.74, 6) is -3.67. The number of likely N-dealkylation sites (N-methyl/N-ethyl adjacent to an activating group) is 2. The number of hydrogen-bond acceptors (Lipinski definition) is 8. The van der Waals surface area contributed by atoms with Crippen molar-refractivity contribution in [2.75, 3.05) is 24.3 Å². The standard InChI is InChI=1S/C57H79N7O8/c1-34(2)45(31-37(6)55(71)72)63(14)54(70)50(56(8,9)10)62-53(69)49(58-13)57(11,12)41-24-21-25-42(32-41)60-51(67)38(7)59-52(68)48(35(3)4)61-46(65)28-19-20-29-47(66)64-33-40-23-16-15-22-39(40)30-36(5)43-26-17-18-27-44(43)64/h15-18,21-27,30-32,34-35,38,45,48-50,58H,19-20,28-29,33H2,1-14H3,(H,59,68)(H,60,67)(H,61,65)(H,62,69)(H,71,72)/b36-30-,37-31+/t38-,45+,48-,49+,50+/m0/s1. The zero-order chi connectivity index (χ0) is 53.8. The first kappa shape index (κ1) is 58.0. The molecule has 0 spiro atoms. The number of amides is 6. The SMILES string of the molecule is CN[C@H](C(=O)N[C@H](C(=O)N(C)[C@H](/C=C(\C)C(=O)O)C(C)C)C(C)(C)C)C(C)(C)c1cccc(NC(=O)[C@H](C)NC(=O)[C@@H](NC(=O)CCCCC(=O)N2Cc3ccccc3/C=C(/C)c3ccccc32)C(C)C)c1. The van der Waals surface area contributed by atoms with Gasteiger partial charge in [-0.05, 0) is 98.4 Å². The van der Waals surface area contributed by atoms with E-state index in [9.17, 15) is 38.7 Å². The van der Waals surface area contributed by atoms with Crippen molar-refractivity contribution in [3.8, 4) is 0 Å². The van der Waals surface area contributed by atoms with Crippen molar-refractivity contribution in [1.29, 1.82) is 0 Å². The molecule has 0 aliphatic carbocycles. The predicted molar refractivity (Wildman–Crippen MR) is 286 cm³/mol. The zero-order valence-corrected chi connectivity index (χ0v) is 44.9. The maximum Gasteiger partial charge on any atom is 0.331 e. The topological polar surface area (TPSA) is 206 Å². The molecule has 6 amide bonds. The minimum atomic E-state index is -1.08. The lowest BCUT2D eigenvalue weighted by Gasteiger charge is -2.40. The van der Waals surface area contributed by atoms with E-state index in [0.717, 1.165) is 28.0 Å². The molecule has 3 aromatic carbocycles. The van der Waals surface area contributed by atoms with Gasteiger partial charge in [-0.15, -0.1) is 0 Å². The number of rotatable bonds is 21. The molecular formula is C57H79N7O8. The van der Waals surface area contributed by atoms with Crippen LogP contribution in [-0.2, 0) is 45.5 Å². The van der Waals surface area contributed by atoms with Crippen molar-refractivity contribution in [3.63, 3.8) is 0 Å². The number of aliphatic carboxylic acids is 1. The summed E-state index contributed by atoms with van der Waals surface area (Å²) in [6.45, 7) is 22.2. The lowest BCUT2D eigenvalue weighted by Crippen LogP contribution is -2.61. The molecule has 4 rings (SSSR count). The summed E-state index contributed by atoms with van der Waals surface area (Å²) in [5.41, 5.74) is 4.66. The van der Waals surface area contributed by atoms with E-state index in [0.29, 0.717) is 30.6 Å². The van der Waals surface area contributed by atoms with Crippen LogP contribution in [0.2, 0.25) is 0 Å². The lowest BCUT2D eigenvalue weighted by atomic mass is 9.76. The Hall–Kier alpha value is -6.61. The van der Waals surface area contributed by atoms with Gasteiger partial charge in [-0.25, -0.2) is 4.79 Å². The molecule has 3 aromatic rings. The molecular weight excluding hydrogens is 911 g/mol. The minimum Gasteiger partial charge on any atom is -0.478 e. The molecule has 0 saturated carbocycles. The fourth-order valence-corrected chi connectivity index (χ4v) is 9.03. The number of fused-ring (bicyclic) bond motifs is 2. The molecule has 0 radical (unpaired) electrons. The second kappa shape index (κ2) is 25.2. The Kier molecular flexibility index (Phi) is 20.3. The molecule has 1 aliphatic heterocycles. The maximum atomic E-state index is 14.2. The lowest BCUT2D eigenvalue weighted by molar-refractivity contribution is -0.141. The van der Waals surface area contributed by atoms with Crippen LogP contribution in [0, 0.1) is 17.3 Å². The summed E-state index contributed by atoms with van der Waals surface area (Å²) >= 11 is 0. The maximum absolute atomic E-state index is 14.2. The van der Waals surface area contributed by atoms with Crippen LogP contribution >= 0.6 is 0 Å². The number of hydrogen-bond donors (Lipinski definition) is 6. The van der Waals surface area contributed by atoms with Crippen molar-refractivity contribution in [2.24, 2.45) is 17.3 Å². The monoisotopic (exact) mass is 990 g/mol. The zero-order valence-electron chi connectivity index (χ0n) is 44.9. The van der Waals surface area contributed by atoms with Crippen LogP contribution in [0.15, 0.2) is 84.4 Å². The predicted octanol–water partition coefficient (Wildman–Crippen LogP) is 7.85. The van der Waals surface area contributed by atoms with Gasteiger partial charge in [0.1, 0.15) is 18.1 Å². The fourth-order valence-electron chi connectivity index (χ4n) is 9.03. The van der Waals surface area contributed by atoms with Crippen molar-refractivity contribution >= 4 is 64.4 Å². The van der Waals surface area contributed by atoms with Gasteiger partial charge in [-0.2, -0.15) is 0 Å². The van der Waals surface area contributed by atoms with Gasteiger partial charge in [0.2, 0.25) is 35.4 Å². The van der Waals surface area contributed by atoms with Crippen molar-refractivity contribution in [2.45, 2.75) is 151 Å². The van der Waals surface area contributed by atoms with Crippen molar-refractivity contribution < 1.29 is 38.7 Å².